The first-order valence-electron chi connectivity index (χ1n) is 8.61. The molecule has 0 unspecified atom stereocenters. The molecule has 1 amide bonds. The molecule has 0 aromatic carbocycles. The van der Waals surface area contributed by atoms with Crippen molar-refractivity contribution in [3.05, 3.63) is 18.1 Å². The van der Waals surface area contributed by atoms with E-state index in [0.29, 0.717) is 18.4 Å². The fraction of sp³-hybridized carbons (Fsp3) is 0.706. The van der Waals surface area contributed by atoms with Crippen LogP contribution in [0.15, 0.2) is 12.4 Å². The fourth-order valence-corrected chi connectivity index (χ4v) is 3.36. The minimum Gasteiger partial charge on any atom is -0.381 e. The number of aryl methyl sites for hydroxylation is 1. The van der Waals surface area contributed by atoms with Crippen molar-refractivity contribution >= 4 is 11.7 Å². The Morgan fingerprint density at radius 1 is 1.26 bits per heavy atom. The number of carbonyl (C=O) groups is 1. The van der Waals surface area contributed by atoms with E-state index in [2.05, 4.69) is 20.2 Å². The van der Waals surface area contributed by atoms with Gasteiger partial charge in [0.1, 0.15) is 5.82 Å². The van der Waals surface area contributed by atoms with Gasteiger partial charge in [-0.2, -0.15) is 0 Å². The maximum absolute atomic E-state index is 12.2. The number of nitrogens with one attached hydrogen (secondary N) is 1. The predicted molar refractivity (Wildman–Crippen MR) is 88.3 cm³/mol. The largest absolute Gasteiger partial charge is 0.381 e. The summed E-state index contributed by atoms with van der Waals surface area (Å²) in [6.45, 7) is 5.40. The van der Waals surface area contributed by atoms with Gasteiger partial charge in [0.25, 0.3) is 0 Å². The third kappa shape index (κ3) is 4.64. The molecule has 23 heavy (non-hydrogen) atoms. The van der Waals surface area contributed by atoms with Crippen LogP contribution in [0.4, 0.5) is 5.82 Å². The quantitative estimate of drug-likeness (QED) is 0.915. The lowest BCUT2D eigenvalue weighted by Crippen LogP contribution is -2.41. The number of rotatable bonds is 4. The standard InChI is InChI=1S/C17H26N4O2/c1-13-11-18-12-16(19-13)21-6-2-14(3-7-21)10-17(22)20-15-4-8-23-9-5-15/h11-12,14-15H,2-10H2,1H3,(H,20,22). The van der Waals surface area contributed by atoms with Gasteiger partial charge < -0.3 is 15.0 Å². The molecule has 0 radical (unpaired) electrons. The molecule has 0 bridgehead atoms. The second-order valence-electron chi connectivity index (χ2n) is 6.61. The average Bonchev–Trinajstić information content (AvgIpc) is 2.56. The maximum Gasteiger partial charge on any atom is 0.220 e. The molecule has 126 valence electrons. The normalized spacial score (nSPS) is 20.5. The minimum absolute atomic E-state index is 0.200. The van der Waals surface area contributed by atoms with Crippen LogP contribution < -0.4 is 10.2 Å². The molecular formula is C17H26N4O2. The SMILES string of the molecule is Cc1cncc(N2CCC(CC(=O)NC3CCOCC3)CC2)n1. The first-order valence-corrected chi connectivity index (χ1v) is 8.61. The summed E-state index contributed by atoms with van der Waals surface area (Å²) in [7, 11) is 0. The van der Waals surface area contributed by atoms with Crippen LogP contribution >= 0.6 is 0 Å². The summed E-state index contributed by atoms with van der Waals surface area (Å²) in [5, 5.41) is 3.16. The van der Waals surface area contributed by atoms with E-state index in [1.165, 1.54) is 0 Å². The van der Waals surface area contributed by atoms with Crippen LogP contribution in [-0.4, -0.2) is 48.2 Å². The average molecular weight is 318 g/mol. The Morgan fingerprint density at radius 3 is 2.70 bits per heavy atom. The highest BCUT2D eigenvalue weighted by molar-refractivity contribution is 5.76. The second kappa shape index (κ2) is 7.73. The van der Waals surface area contributed by atoms with Gasteiger partial charge in [-0.1, -0.05) is 0 Å². The van der Waals surface area contributed by atoms with Crippen molar-refractivity contribution in [2.75, 3.05) is 31.2 Å². The van der Waals surface area contributed by atoms with Crippen molar-refractivity contribution in [2.45, 2.75) is 45.1 Å². The number of piperidine rings is 1. The Balaban J connectivity index is 1.42. The molecule has 1 N–H and O–H groups in total. The highest BCUT2D eigenvalue weighted by Crippen LogP contribution is 2.24. The van der Waals surface area contributed by atoms with Gasteiger partial charge in [0, 0.05) is 45.0 Å². The van der Waals surface area contributed by atoms with Gasteiger partial charge in [-0.25, -0.2) is 4.98 Å². The first kappa shape index (κ1) is 16.2. The lowest BCUT2D eigenvalue weighted by atomic mass is 9.93. The van der Waals surface area contributed by atoms with E-state index in [9.17, 15) is 4.79 Å². The van der Waals surface area contributed by atoms with E-state index in [1.807, 2.05) is 13.1 Å². The summed E-state index contributed by atoms with van der Waals surface area (Å²) >= 11 is 0. The summed E-state index contributed by atoms with van der Waals surface area (Å²) in [4.78, 5) is 23.2. The zero-order valence-corrected chi connectivity index (χ0v) is 13.8. The smallest absolute Gasteiger partial charge is 0.220 e. The van der Waals surface area contributed by atoms with E-state index < -0.39 is 0 Å². The van der Waals surface area contributed by atoms with Crippen molar-refractivity contribution in [3.63, 3.8) is 0 Å². The Hall–Kier alpha value is -1.69. The molecule has 2 fully saturated rings. The molecule has 1 aromatic rings. The van der Waals surface area contributed by atoms with E-state index >= 15 is 0 Å². The number of carbonyl (C=O) groups excluding carboxylic acids is 1. The van der Waals surface area contributed by atoms with Crippen molar-refractivity contribution in [1.29, 1.82) is 0 Å². The number of anilines is 1. The number of hydrogen-bond donors (Lipinski definition) is 1. The molecule has 2 aliphatic rings. The van der Waals surface area contributed by atoms with Gasteiger partial charge in [0.05, 0.1) is 11.9 Å². The van der Waals surface area contributed by atoms with Crippen molar-refractivity contribution < 1.29 is 9.53 Å². The molecule has 1 aromatic heterocycles. The van der Waals surface area contributed by atoms with E-state index in [-0.39, 0.29) is 5.91 Å². The highest BCUT2D eigenvalue weighted by Gasteiger charge is 2.24. The summed E-state index contributed by atoms with van der Waals surface area (Å²) in [5.41, 5.74) is 0.945. The molecule has 0 saturated carbocycles. The Morgan fingerprint density at radius 2 is 2.00 bits per heavy atom. The van der Waals surface area contributed by atoms with Gasteiger partial charge in [0.15, 0.2) is 0 Å². The van der Waals surface area contributed by atoms with Gasteiger partial charge in [0.2, 0.25) is 5.91 Å². The van der Waals surface area contributed by atoms with Gasteiger partial charge in [-0.15, -0.1) is 0 Å². The number of amides is 1. The Bertz CT molecular complexity index is 523. The van der Waals surface area contributed by atoms with Crippen LogP contribution in [-0.2, 0) is 9.53 Å². The van der Waals surface area contributed by atoms with Crippen molar-refractivity contribution in [2.24, 2.45) is 5.92 Å². The number of hydrogen-bond acceptors (Lipinski definition) is 5. The Kier molecular flexibility index (Phi) is 5.43. The molecule has 0 aliphatic carbocycles. The van der Waals surface area contributed by atoms with Crippen LogP contribution in [0.1, 0.15) is 37.8 Å². The van der Waals surface area contributed by atoms with E-state index in [0.717, 1.165) is 63.5 Å². The monoisotopic (exact) mass is 318 g/mol. The second-order valence-corrected chi connectivity index (χ2v) is 6.61. The third-order valence-electron chi connectivity index (χ3n) is 4.74. The zero-order valence-electron chi connectivity index (χ0n) is 13.8. The molecule has 0 atom stereocenters. The van der Waals surface area contributed by atoms with Crippen LogP contribution in [0.3, 0.4) is 0 Å². The summed E-state index contributed by atoms with van der Waals surface area (Å²) < 4.78 is 5.33. The lowest BCUT2D eigenvalue weighted by molar-refractivity contribution is -0.123. The predicted octanol–water partition coefficient (Wildman–Crippen LogP) is 1.69. The Labute approximate surface area is 137 Å². The van der Waals surface area contributed by atoms with E-state index in [1.54, 1.807) is 6.20 Å². The molecule has 6 nitrogen and oxygen atoms in total. The third-order valence-corrected chi connectivity index (χ3v) is 4.74. The van der Waals surface area contributed by atoms with Crippen LogP contribution in [0.5, 0.6) is 0 Å². The summed E-state index contributed by atoms with van der Waals surface area (Å²) in [6, 6.07) is 0.305. The minimum atomic E-state index is 0.200. The fourth-order valence-electron chi connectivity index (χ4n) is 3.36. The molecule has 2 aliphatic heterocycles. The van der Waals surface area contributed by atoms with Crippen LogP contribution in [0.2, 0.25) is 0 Å². The lowest BCUT2D eigenvalue weighted by Gasteiger charge is -2.33. The van der Waals surface area contributed by atoms with Crippen LogP contribution in [0, 0.1) is 12.8 Å². The highest BCUT2D eigenvalue weighted by atomic mass is 16.5. The van der Waals surface area contributed by atoms with Gasteiger partial charge >= 0.3 is 0 Å². The number of nitrogens with zero attached hydrogens (tertiary/aromatic N) is 3. The molecule has 3 heterocycles. The van der Waals surface area contributed by atoms with Gasteiger partial charge in [-0.3, -0.25) is 9.78 Å². The molecule has 2 saturated heterocycles. The summed E-state index contributed by atoms with van der Waals surface area (Å²) in [6.07, 6.45) is 8.20. The van der Waals surface area contributed by atoms with E-state index in [4.69, 9.17) is 4.74 Å². The molecule has 0 spiro atoms. The molecule has 6 heteroatoms. The topological polar surface area (TPSA) is 67.4 Å². The van der Waals surface area contributed by atoms with Crippen molar-refractivity contribution in [1.82, 2.24) is 15.3 Å². The maximum atomic E-state index is 12.2. The summed E-state index contributed by atoms with van der Waals surface area (Å²) in [5.74, 6) is 1.63. The molecular weight excluding hydrogens is 292 g/mol. The van der Waals surface area contributed by atoms with Gasteiger partial charge in [-0.05, 0) is 38.5 Å². The number of aromatic nitrogens is 2. The first-order chi connectivity index (χ1) is 11.2. The van der Waals surface area contributed by atoms with Crippen LogP contribution in [0.25, 0.3) is 0 Å². The van der Waals surface area contributed by atoms with Crippen molar-refractivity contribution in [3.8, 4) is 0 Å². The number of ether oxygens (including phenoxy) is 1. The zero-order chi connectivity index (χ0) is 16.1. The molecule has 3 rings (SSSR count).